The normalized spacial score (nSPS) is 17.8. The van der Waals surface area contributed by atoms with Crippen LogP contribution in [0, 0.1) is 0 Å². The average molecular weight is 210 g/mol. The van der Waals surface area contributed by atoms with Crippen molar-refractivity contribution in [3.63, 3.8) is 0 Å². The minimum atomic E-state index is -0.342. The fourth-order valence-corrected chi connectivity index (χ4v) is 1.50. The number of hydrogen-bond acceptors (Lipinski definition) is 4. The maximum atomic E-state index is 11.4. The fraction of sp³-hybridized carbons (Fsp3) is 0. The zero-order valence-corrected chi connectivity index (χ0v) is 8.16. The van der Waals surface area contributed by atoms with Gasteiger partial charge in [-0.15, -0.1) is 0 Å². The van der Waals surface area contributed by atoms with E-state index in [4.69, 9.17) is 0 Å². The summed E-state index contributed by atoms with van der Waals surface area (Å²) in [6, 6.07) is 3.60. The number of aromatic nitrogens is 1. The quantitative estimate of drug-likeness (QED) is 0.687. The molecule has 0 unspecified atom stereocenters. The second-order valence-electron chi connectivity index (χ2n) is 3.27. The van der Waals surface area contributed by atoms with Crippen LogP contribution in [0.25, 0.3) is 0 Å². The smallest absolute Gasteiger partial charge is 0.265 e. The number of nitrogens with zero attached hydrogens (tertiary/aromatic N) is 4. The topological polar surface area (TPSA) is 67.0 Å². The van der Waals surface area contributed by atoms with Crippen molar-refractivity contribution < 1.29 is 4.79 Å². The molecule has 0 N–H and O–H groups in total. The van der Waals surface area contributed by atoms with E-state index in [1.54, 1.807) is 30.6 Å². The Labute approximate surface area is 91.0 Å². The number of pyridine rings is 1. The van der Waals surface area contributed by atoms with Crippen molar-refractivity contribution in [3.05, 3.63) is 41.9 Å². The number of fused-ring (bicyclic) bond motifs is 1. The van der Waals surface area contributed by atoms with E-state index in [1.807, 2.05) is 0 Å². The molecule has 0 aliphatic carbocycles. The molecule has 0 saturated carbocycles. The Morgan fingerprint density at radius 1 is 1.06 bits per heavy atom. The van der Waals surface area contributed by atoms with Crippen molar-refractivity contribution in [2.45, 2.75) is 0 Å². The van der Waals surface area contributed by atoms with Crippen LogP contribution in [0.4, 0.5) is 0 Å². The van der Waals surface area contributed by atoms with Crippen LogP contribution >= 0.6 is 0 Å². The summed E-state index contributed by atoms with van der Waals surface area (Å²) >= 11 is 0. The first-order valence-corrected chi connectivity index (χ1v) is 4.71. The second-order valence-corrected chi connectivity index (χ2v) is 3.27. The Morgan fingerprint density at radius 3 is 2.62 bits per heavy atom. The van der Waals surface area contributed by atoms with E-state index >= 15 is 0 Å². The first-order chi connectivity index (χ1) is 7.84. The van der Waals surface area contributed by atoms with Crippen LogP contribution in [0.2, 0.25) is 0 Å². The first kappa shape index (κ1) is 8.84. The van der Waals surface area contributed by atoms with Gasteiger partial charge in [0.25, 0.3) is 5.91 Å². The van der Waals surface area contributed by atoms with Crippen LogP contribution in [-0.2, 0) is 4.79 Å². The lowest BCUT2D eigenvalue weighted by Crippen LogP contribution is -2.14. The van der Waals surface area contributed by atoms with Crippen LogP contribution in [-0.4, -0.2) is 28.7 Å². The van der Waals surface area contributed by atoms with Gasteiger partial charge in [-0.1, -0.05) is 0 Å². The summed E-state index contributed by atoms with van der Waals surface area (Å²) in [5, 5.41) is 0. The molecule has 5 nitrogen and oxygen atoms in total. The number of dihydropyridines is 1. The lowest BCUT2D eigenvalue weighted by molar-refractivity contribution is -0.111. The summed E-state index contributed by atoms with van der Waals surface area (Å²) in [5.74, 6) is 0.188. The molecule has 76 valence electrons. The summed E-state index contributed by atoms with van der Waals surface area (Å²) < 4.78 is 0. The molecule has 5 heteroatoms. The van der Waals surface area contributed by atoms with Gasteiger partial charge < -0.3 is 0 Å². The van der Waals surface area contributed by atoms with Crippen LogP contribution < -0.4 is 0 Å². The maximum Gasteiger partial charge on any atom is 0.297 e. The number of aliphatic imine (C=N–C) groups is 3. The minimum Gasteiger partial charge on any atom is -0.265 e. The first-order valence-electron chi connectivity index (χ1n) is 4.71. The van der Waals surface area contributed by atoms with Crippen molar-refractivity contribution in [2.75, 3.05) is 0 Å². The Hall–Kier alpha value is -2.43. The molecule has 2 aliphatic rings. The van der Waals surface area contributed by atoms with Crippen molar-refractivity contribution in [2.24, 2.45) is 15.0 Å². The Bertz CT molecular complexity index is 581. The summed E-state index contributed by atoms with van der Waals surface area (Å²) in [7, 11) is 0. The number of amidine groups is 1. The van der Waals surface area contributed by atoms with Gasteiger partial charge in [0.15, 0.2) is 11.5 Å². The van der Waals surface area contributed by atoms with E-state index in [0.29, 0.717) is 17.2 Å². The van der Waals surface area contributed by atoms with E-state index in [-0.39, 0.29) is 5.91 Å². The zero-order valence-electron chi connectivity index (χ0n) is 8.16. The van der Waals surface area contributed by atoms with Gasteiger partial charge in [0.2, 0.25) is 0 Å². The van der Waals surface area contributed by atoms with Gasteiger partial charge in [-0.3, -0.25) is 9.78 Å². The largest absolute Gasteiger partial charge is 0.297 e. The SMILES string of the molecule is O=C1N=CC=C2N=C(c3ccncc3)N=C12. The molecule has 1 aromatic rings. The zero-order chi connectivity index (χ0) is 11.0. The van der Waals surface area contributed by atoms with E-state index in [2.05, 4.69) is 20.0 Å². The Morgan fingerprint density at radius 2 is 1.88 bits per heavy atom. The minimum absolute atomic E-state index is 0.314. The van der Waals surface area contributed by atoms with Crippen molar-refractivity contribution >= 4 is 23.7 Å². The molecule has 0 saturated heterocycles. The lowest BCUT2D eigenvalue weighted by atomic mass is 10.2. The number of amides is 1. The summed E-state index contributed by atoms with van der Waals surface area (Å²) in [6.45, 7) is 0. The van der Waals surface area contributed by atoms with Gasteiger partial charge >= 0.3 is 0 Å². The highest BCUT2D eigenvalue weighted by atomic mass is 16.1. The van der Waals surface area contributed by atoms with Crippen molar-refractivity contribution in [1.29, 1.82) is 0 Å². The van der Waals surface area contributed by atoms with Crippen LogP contribution in [0.5, 0.6) is 0 Å². The van der Waals surface area contributed by atoms with Gasteiger partial charge in [-0.2, -0.15) is 0 Å². The second kappa shape index (κ2) is 3.30. The van der Waals surface area contributed by atoms with E-state index in [9.17, 15) is 4.79 Å². The molecule has 3 rings (SSSR count). The van der Waals surface area contributed by atoms with Crippen LogP contribution in [0.3, 0.4) is 0 Å². The number of carbonyl (C=O) groups is 1. The van der Waals surface area contributed by atoms with E-state index in [0.717, 1.165) is 5.56 Å². The molecule has 2 aliphatic heterocycles. The molecular formula is C11H6N4O. The van der Waals surface area contributed by atoms with Gasteiger partial charge in [0, 0.05) is 24.2 Å². The predicted molar refractivity (Wildman–Crippen MR) is 59.8 cm³/mol. The molecule has 1 aromatic heterocycles. The molecule has 0 spiro atoms. The Kier molecular flexibility index (Phi) is 1.83. The molecule has 1 amide bonds. The number of allylic oxidation sites excluding steroid dienone is 1. The molecule has 0 aromatic carbocycles. The summed E-state index contributed by atoms with van der Waals surface area (Å²) in [4.78, 5) is 27.4. The monoisotopic (exact) mass is 210 g/mol. The predicted octanol–water partition coefficient (Wildman–Crippen LogP) is 0.778. The Balaban J connectivity index is 2.06. The number of hydrogen-bond donors (Lipinski definition) is 0. The third-order valence-corrected chi connectivity index (χ3v) is 2.25. The standard InChI is InChI=1S/C11H6N4O/c16-11-9-8(3-6-13-11)14-10(15-9)7-1-4-12-5-2-7/h1-6H. The van der Waals surface area contributed by atoms with Gasteiger partial charge in [0.1, 0.15) is 0 Å². The summed E-state index contributed by atoms with van der Waals surface area (Å²) in [6.07, 6.45) is 6.43. The van der Waals surface area contributed by atoms with Gasteiger partial charge in [-0.25, -0.2) is 15.0 Å². The van der Waals surface area contributed by atoms with Gasteiger partial charge in [-0.05, 0) is 18.2 Å². The fourth-order valence-electron chi connectivity index (χ4n) is 1.50. The van der Waals surface area contributed by atoms with Crippen molar-refractivity contribution in [3.8, 4) is 0 Å². The van der Waals surface area contributed by atoms with Crippen LogP contribution in [0.1, 0.15) is 5.56 Å². The van der Waals surface area contributed by atoms with Crippen molar-refractivity contribution in [1.82, 2.24) is 4.98 Å². The average Bonchev–Trinajstić information content (AvgIpc) is 2.76. The third kappa shape index (κ3) is 1.30. The lowest BCUT2D eigenvalue weighted by Gasteiger charge is -1.97. The molecule has 0 radical (unpaired) electrons. The molecule has 0 atom stereocenters. The highest BCUT2D eigenvalue weighted by molar-refractivity contribution is 6.51. The molecule has 0 bridgehead atoms. The van der Waals surface area contributed by atoms with E-state index < -0.39 is 0 Å². The van der Waals surface area contributed by atoms with Gasteiger partial charge in [0.05, 0.1) is 5.70 Å². The highest BCUT2D eigenvalue weighted by Crippen LogP contribution is 2.17. The highest BCUT2D eigenvalue weighted by Gasteiger charge is 2.24. The molecule has 16 heavy (non-hydrogen) atoms. The van der Waals surface area contributed by atoms with E-state index in [1.165, 1.54) is 6.21 Å². The molecule has 0 fully saturated rings. The third-order valence-electron chi connectivity index (χ3n) is 2.25. The maximum absolute atomic E-state index is 11.4. The number of carbonyl (C=O) groups excluding carboxylic acids is 1. The molecule has 3 heterocycles. The van der Waals surface area contributed by atoms with Crippen LogP contribution in [0.15, 0.2) is 51.3 Å². The number of rotatable bonds is 1. The molecular weight excluding hydrogens is 204 g/mol. The summed E-state index contributed by atoms with van der Waals surface area (Å²) in [5.41, 5.74) is 1.73.